The van der Waals surface area contributed by atoms with Crippen molar-refractivity contribution in [3.63, 3.8) is 0 Å². The van der Waals surface area contributed by atoms with Gasteiger partial charge in [-0.15, -0.1) is 0 Å². The first-order valence-corrected chi connectivity index (χ1v) is 8.04. The summed E-state index contributed by atoms with van der Waals surface area (Å²) < 4.78 is 12.6. The predicted molar refractivity (Wildman–Crippen MR) is 85.9 cm³/mol. The lowest BCUT2D eigenvalue weighted by Gasteiger charge is -2.36. The zero-order valence-electron chi connectivity index (χ0n) is 11.2. The summed E-state index contributed by atoms with van der Waals surface area (Å²) in [7, 11) is 0. The lowest BCUT2D eigenvalue weighted by Crippen LogP contribution is -2.43. The van der Waals surface area contributed by atoms with Gasteiger partial charge in [-0.3, -0.25) is 9.59 Å². The molecular formula is C16H10Br2O4. The molecule has 0 N–H and O–H groups in total. The molecule has 0 aliphatic carbocycles. The number of hydrogen-bond donors (Lipinski definition) is 0. The summed E-state index contributed by atoms with van der Waals surface area (Å²) in [5, 5.41) is 0. The highest BCUT2D eigenvalue weighted by molar-refractivity contribution is 9.10. The highest BCUT2D eigenvalue weighted by Gasteiger charge is 2.47. The van der Waals surface area contributed by atoms with Crippen molar-refractivity contribution < 1.29 is 19.1 Å². The Morgan fingerprint density at radius 1 is 0.818 bits per heavy atom. The number of rotatable bonds is 2. The van der Waals surface area contributed by atoms with Crippen LogP contribution in [0.4, 0.5) is 0 Å². The van der Waals surface area contributed by atoms with Gasteiger partial charge in [0.2, 0.25) is 0 Å². The van der Waals surface area contributed by atoms with Crippen molar-refractivity contribution in [3.8, 4) is 0 Å². The molecule has 1 saturated heterocycles. The summed E-state index contributed by atoms with van der Waals surface area (Å²) in [5.74, 6) is -2.80. The van der Waals surface area contributed by atoms with Crippen molar-refractivity contribution in [2.45, 2.75) is 12.2 Å². The van der Waals surface area contributed by atoms with Gasteiger partial charge in [-0.2, -0.15) is 0 Å². The SMILES string of the molecule is O=C1CC(=O)OC(c2cccc(Br)c2)(c2cccc(Br)c2)O1. The van der Waals surface area contributed by atoms with Crippen molar-refractivity contribution in [3.05, 3.63) is 68.6 Å². The van der Waals surface area contributed by atoms with E-state index in [0.717, 1.165) is 8.95 Å². The molecule has 112 valence electrons. The Labute approximate surface area is 143 Å². The number of esters is 2. The van der Waals surface area contributed by atoms with E-state index >= 15 is 0 Å². The first kappa shape index (κ1) is 15.2. The van der Waals surface area contributed by atoms with Crippen LogP contribution >= 0.6 is 31.9 Å². The minimum Gasteiger partial charge on any atom is -0.413 e. The Hall–Kier alpha value is -1.66. The average molecular weight is 426 g/mol. The minimum atomic E-state index is -1.57. The van der Waals surface area contributed by atoms with E-state index < -0.39 is 17.7 Å². The van der Waals surface area contributed by atoms with E-state index in [1.807, 2.05) is 12.1 Å². The molecule has 0 amide bonds. The van der Waals surface area contributed by atoms with Gasteiger partial charge < -0.3 is 9.47 Å². The van der Waals surface area contributed by atoms with Gasteiger partial charge in [0.1, 0.15) is 6.42 Å². The van der Waals surface area contributed by atoms with Crippen LogP contribution in [0.3, 0.4) is 0 Å². The number of carbonyl (C=O) groups is 2. The molecule has 0 radical (unpaired) electrons. The molecule has 0 spiro atoms. The van der Waals surface area contributed by atoms with Crippen LogP contribution in [0.25, 0.3) is 0 Å². The van der Waals surface area contributed by atoms with Crippen LogP contribution in [0, 0.1) is 0 Å². The van der Waals surface area contributed by atoms with E-state index in [9.17, 15) is 9.59 Å². The van der Waals surface area contributed by atoms with Crippen molar-refractivity contribution in [2.75, 3.05) is 0 Å². The first-order valence-electron chi connectivity index (χ1n) is 6.45. The van der Waals surface area contributed by atoms with E-state index in [1.165, 1.54) is 0 Å². The molecule has 0 unspecified atom stereocenters. The third-order valence-corrected chi connectivity index (χ3v) is 4.20. The van der Waals surface area contributed by atoms with Crippen LogP contribution in [0.1, 0.15) is 17.5 Å². The maximum Gasteiger partial charge on any atom is 0.320 e. The second-order valence-electron chi connectivity index (χ2n) is 4.76. The Kier molecular flexibility index (Phi) is 4.06. The van der Waals surface area contributed by atoms with Crippen LogP contribution in [0.2, 0.25) is 0 Å². The maximum atomic E-state index is 11.9. The standard InChI is InChI=1S/C16H10Br2O4/c17-12-5-1-3-10(7-12)16(11-4-2-6-13(18)8-11)21-14(19)9-15(20)22-16/h1-8H,9H2. The van der Waals surface area contributed by atoms with Crippen LogP contribution in [-0.2, 0) is 24.8 Å². The van der Waals surface area contributed by atoms with Gasteiger partial charge in [-0.25, -0.2) is 0 Å². The van der Waals surface area contributed by atoms with Gasteiger partial charge in [0.25, 0.3) is 0 Å². The highest BCUT2D eigenvalue weighted by Crippen LogP contribution is 2.40. The summed E-state index contributed by atoms with van der Waals surface area (Å²) in [4.78, 5) is 23.7. The summed E-state index contributed by atoms with van der Waals surface area (Å²) in [6, 6.07) is 14.3. The second-order valence-corrected chi connectivity index (χ2v) is 6.59. The van der Waals surface area contributed by atoms with Crippen molar-refractivity contribution in [1.29, 1.82) is 0 Å². The molecule has 3 rings (SSSR count). The molecule has 4 nitrogen and oxygen atoms in total. The number of halogens is 2. The van der Waals surface area contributed by atoms with E-state index in [0.29, 0.717) is 11.1 Å². The van der Waals surface area contributed by atoms with Crippen LogP contribution in [0.15, 0.2) is 57.5 Å². The van der Waals surface area contributed by atoms with Crippen LogP contribution < -0.4 is 0 Å². The van der Waals surface area contributed by atoms with Crippen LogP contribution in [-0.4, -0.2) is 11.9 Å². The fraction of sp³-hybridized carbons (Fsp3) is 0.125. The predicted octanol–water partition coefficient (Wildman–Crippen LogP) is 3.90. The summed E-state index contributed by atoms with van der Waals surface area (Å²) >= 11 is 6.76. The van der Waals surface area contributed by atoms with E-state index in [4.69, 9.17) is 9.47 Å². The molecule has 22 heavy (non-hydrogen) atoms. The molecule has 0 aromatic heterocycles. The normalized spacial score (nSPS) is 16.8. The summed E-state index contributed by atoms with van der Waals surface area (Å²) in [6.45, 7) is 0. The van der Waals surface area contributed by atoms with Gasteiger partial charge in [0, 0.05) is 20.1 Å². The Morgan fingerprint density at radius 2 is 1.27 bits per heavy atom. The lowest BCUT2D eigenvalue weighted by molar-refractivity contribution is -0.234. The molecule has 2 aromatic rings. The smallest absolute Gasteiger partial charge is 0.320 e. The van der Waals surface area contributed by atoms with Gasteiger partial charge in [-0.1, -0.05) is 56.1 Å². The Bertz CT molecular complexity index is 694. The monoisotopic (exact) mass is 424 g/mol. The molecule has 0 atom stereocenters. The molecule has 1 aliphatic heterocycles. The summed E-state index contributed by atoms with van der Waals surface area (Å²) in [6.07, 6.45) is -0.385. The highest BCUT2D eigenvalue weighted by atomic mass is 79.9. The van der Waals surface area contributed by atoms with E-state index in [1.54, 1.807) is 36.4 Å². The van der Waals surface area contributed by atoms with Crippen molar-refractivity contribution >= 4 is 43.8 Å². The number of ether oxygens (including phenoxy) is 2. The third-order valence-electron chi connectivity index (χ3n) is 3.21. The molecule has 2 aromatic carbocycles. The average Bonchev–Trinajstić information content (AvgIpc) is 2.46. The molecule has 0 bridgehead atoms. The number of benzene rings is 2. The quantitative estimate of drug-likeness (QED) is 0.540. The van der Waals surface area contributed by atoms with E-state index in [-0.39, 0.29) is 6.42 Å². The van der Waals surface area contributed by atoms with Gasteiger partial charge in [0.15, 0.2) is 0 Å². The van der Waals surface area contributed by atoms with E-state index in [2.05, 4.69) is 31.9 Å². The minimum absolute atomic E-state index is 0.385. The van der Waals surface area contributed by atoms with Crippen molar-refractivity contribution in [1.82, 2.24) is 0 Å². The molecule has 1 aliphatic rings. The third kappa shape index (κ3) is 2.80. The number of cyclic esters (lactones) is 2. The zero-order valence-corrected chi connectivity index (χ0v) is 14.4. The molecule has 0 saturated carbocycles. The second kappa shape index (κ2) is 5.85. The fourth-order valence-electron chi connectivity index (χ4n) is 2.32. The molecule has 1 fully saturated rings. The zero-order chi connectivity index (χ0) is 15.7. The van der Waals surface area contributed by atoms with Crippen molar-refractivity contribution in [2.24, 2.45) is 0 Å². The first-order chi connectivity index (χ1) is 10.5. The topological polar surface area (TPSA) is 52.6 Å². The molecular weight excluding hydrogens is 416 g/mol. The largest absolute Gasteiger partial charge is 0.413 e. The van der Waals surface area contributed by atoms with Gasteiger partial charge in [-0.05, 0) is 24.3 Å². The Balaban J connectivity index is 2.22. The summed E-state index contributed by atoms with van der Waals surface area (Å²) in [5.41, 5.74) is 1.11. The number of hydrogen-bond acceptors (Lipinski definition) is 4. The van der Waals surface area contributed by atoms with Gasteiger partial charge >= 0.3 is 17.7 Å². The lowest BCUT2D eigenvalue weighted by atomic mass is 9.96. The molecule has 1 heterocycles. The number of carbonyl (C=O) groups excluding carboxylic acids is 2. The van der Waals surface area contributed by atoms with Gasteiger partial charge in [0.05, 0.1) is 0 Å². The molecule has 6 heteroatoms. The fourth-order valence-corrected chi connectivity index (χ4v) is 3.12. The Morgan fingerprint density at radius 3 is 1.68 bits per heavy atom. The maximum absolute atomic E-state index is 11.9. The van der Waals surface area contributed by atoms with Crippen LogP contribution in [0.5, 0.6) is 0 Å².